The van der Waals surface area contributed by atoms with Crippen LogP contribution in [0, 0.1) is 5.92 Å². The van der Waals surface area contributed by atoms with Crippen molar-refractivity contribution >= 4 is 21.2 Å². The topological polar surface area (TPSA) is 46.2 Å². The van der Waals surface area contributed by atoms with Gasteiger partial charge in [-0.1, -0.05) is 19.9 Å². The lowest BCUT2D eigenvalue weighted by Gasteiger charge is -2.24. The molecule has 2 unspecified atom stereocenters. The SMILES string of the molecule is CC(C)C(NC1CCS(=O)(=O)C1)c1cccs1. The lowest BCUT2D eigenvalue weighted by Crippen LogP contribution is -2.35. The minimum atomic E-state index is -2.79. The average Bonchev–Trinajstić information content (AvgIpc) is 2.83. The maximum atomic E-state index is 11.4. The van der Waals surface area contributed by atoms with Gasteiger partial charge in [-0.15, -0.1) is 11.3 Å². The summed E-state index contributed by atoms with van der Waals surface area (Å²) in [6, 6.07) is 4.55. The van der Waals surface area contributed by atoms with Crippen LogP contribution in [0.1, 0.15) is 31.2 Å². The van der Waals surface area contributed by atoms with Crippen molar-refractivity contribution in [3.05, 3.63) is 22.4 Å². The second kappa shape index (κ2) is 5.08. The van der Waals surface area contributed by atoms with E-state index in [0.717, 1.165) is 6.42 Å². The summed E-state index contributed by atoms with van der Waals surface area (Å²) in [6.07, 6.45) is 0.747. The molecule has 2 rings (SSSR count). The van der Waals surface area contributed by atoms with Crippen molar-refractivity contribution in [3.8, 4) is 0 Å². The minimum Gasteiger partial charge on any atom is -0.305 e. The highest BCUT2D eigenvalue weighted by Gasteiger charge is 2.30. The quantitative estimate of drug-likeness (QED) is 0.915. The van der Waals surface area contributed by atoms with Crippen molar-refractivity contribution in [2.75, 3.05) is 11.5 Å². The van der Waals surface area contributed by atoms with Crippen molar-refractivity contribution in [1.82, 2.24) is 5.32 Å². The van der Waals surface area contributed by atoms with Crippen molar-refractivity contribution in [2.45, 2.75) is 32.4 Å². The molecule has 2 atom stereocenters. The molecule has 0 amide bonds. The predicted molar refractivity (Wildman–Crippen MR) is 72.1 cm³/mol. The monoisotopic (exact) mass is 273 g/mol. The van der Waals surface area contributed by atoms with Crippen LogP contribution in [0.3, 0.4) is 0 Å². The zero-order chi connectivity index (χ0) is 12.5. The number of thiophene rings is 1. The van der Waals surface area contributed by atoms with Crippen molar-refractivity contribution in [3.63, 3.8) is 0 Å². The molecule has 1 aromatic heterocycles. The van der Waals surface area contributed by atoms with Crippen LogP contribution >= 0.6 is 11.3 Å². The van der Waals surface area contributed by atoms with Crippen LogP contribution in [0.25, 0.3) is 0 Å². The van der Waals surface area contributed by atoms with Crippen molar-refractivity contribution < 1.29 is 8.42 Å². The van der Waals surface area contributed by atoms with E-state index >= 15 is 0 Å². The van der Waals surface area contributed by atoms with E-state index in [9.17, 15) is 8.42 Å². The van der Waals surface area contributed by atoms with Gasteiger partial charge in [0.15, 0.2) is 9.84 Å². The summed E-state index contributed by atoms with van der Waals surface area (Å²) in [4.78, 5) is 1.30. The molecule has 3 nitrogen and oxygen atoms in total. The van der Waals surface area contributed by atoms with Gasteiger partial charge in [0.2, 0.25) is 0 Å². The molecule has 17 heavy (non-hydrogen) atoms. The summed E-state index contributed by atoms with van der Waals surface area (Å²) in [7, 11) is -2.79. The molecule has 2 heterocycles. The number of rotatable bonds is 4. The Balaban J connectivity index is 2.05. The predicted octanol–water partition coefficient (Wildman–Crippen LogP) is 2.22. The third-order valence-electron chi connectivity index (χ3n) is 3.16. The summed E-state index contributed by atoms with van der Waals surface area (Å²) >= 11 is 1.73. The van der Waals surface area contributed by atoms with Crippen molar-refractivity contribution in [2.24, 2.45) is 5.92 Å². The highest BCUT2D eigenvalue weighted by atomic mass is 32.2. The second-order valence-electron chi connectivity index (χ2n) is 5.00. The third-order valence-corrected chi connectivity index (χ3v) is 5.89. The Morgan fingerprint density at radius 1 is 1.47 bits per heavy atom. The highest BCUT2D eigenvalue weighted by molar-refractivity contribution is 7.91. The van der Waals surface area contributed by atoms with Crippen molar-refractivity contribution in [1.29, 1.82) is 0 Å². The van der Waals surface area contributed by atoms with Crippen LogP contribution in [0.2, 0.25) is 0 Å². The molecule has 96 valence electrons. The Labute approximate surface area is 107 Å². The van der Waals surface area contributed by atoms with E-state index in [2.05, 4.69) is 30.6 Å². The fraction of sp³-hybridized carbons (Fsp3) is 0.667. The highest BCUT2D eigenvalue weighted by Crippen LogP contribution is 2.27. The number of nitrogens with one attached hydrogen (secondary N) is 1. The molecule has 1 N–H and O–H groups in total. The molecule has 0 bridgehead atoms. The minimum absolute atomic E-state index is 0.120. The van der Waals surface area contributed by atoms with E-state index in [4.69, 9.17) is 0 Å². The lowest BCUT2D eigenvalue weighted by atomic mass is 10.0. The Kier molecular flexibility index (Phi) is 3.90. The summed E-state index contributed by atoms with van der Waals surface area (Å²) < 4.78 is 22.9. The summed E-state index contributed by atoms with van der Waals surface area (Å²) in [5.74, 6) is 1.10. The fourth-order valence-corrected chi connectivity index (χ4v) is 4.90. The first-order valence-corrected chi connectivity index (χ1v) is 8.68. The zero-order valence-corrected chi connectivity index (χ0v) is 11.9. The first-order valence-electron chi connectivity index (χ1n) is 5.98. The first-order chi connectivity index (χ1) is 7.98. The molecule has 0 aromatic carbocycles. The van der Waals surface area contributed by atoms with Crippen LogP contribution in [0.4, 0.5) is 0 Å². The molecule has 5 heteroatoms. The lowest BCUT2D eigenvalue weighted by molar-refractivity contribution is 0.377. The zero-order valence-electron chi connectivity index (χ0n) is 10.2. The van der Waals surface area contributed by atoms with E-state index in [1.165, 1.54) is 4.88 Å². The second-order valence-corrected chi connectivity index (χ2v) is 8.21. The van der Waals surface area contributed by atoms with Crippen LogP contribution in [0.15, 0.2) is 17.5 Å². The van der Waals surface area contributed by atoms with Crippen LogP contribution in [-0.4, -0.2) is 26.0 Å². The van der Waals surface area contributed by atoms with Gasteiger partial charge in [-0.25, -0.2) is 8.42 Å². The Morgan fingerprint density at radius 3 is 2.71 bits per heavy atom. The Hall–Kier alpha value is -0.390. The molecule has 1 aliphatic rings. The molecular formula is C12H19NO2S2. The third kappa shape index (κ3) is 3.30. The fourth-order valence-electron chi connectivity index (χ4n) is 2.25. The van der Waals surface area contributed by atoms with Gasteiger partial charge in [-0.2, -0.15) is 0 Å². The van der Waals surface area contributed by atoms with Crippen LogP contribution < -0.4 is 5.32 Å². The largest absolute Gasteiger partial charge is 0.305 e. The molecule has 1 saturated heterocycles. The van der Waals surface area contributed by atoms with Gasteiger partial charge in [0.1, 0.15) is 0 Å². The first kappa shape index (κ1) is 13.1. The Morgan fingerprint density at radius 2 is 2.24 bits per heavy atom. The summed E-state index contributed by atoms with van der Waals surface area (Å²) in [5.41, 5.74) is 0. The number of hydrogen-bond acceptors (Lipinski definition) is 4. The summed E-state index contributed by atoms with van der Waals surface area (Å²) in [6.45, 7) is 4.33. The van der Waals surface area contributed by atoms with Gasteiger partial charge in [0.25, 0.3) is 0 Å². The maximum absolute atomic E-state index is 11.4. The maximum Gasteiger partial charge on any atom is 0.151 e. The molecular weight excluding hydrogens is 254 g/mol. The van der Waals surface area contributed by atoms with Gasteiger partial charge in [0.05, 0.1) is 11.5 Å². The van der Waals surface area contributed by atoms with Crippen LogP contribution in [0.5, 0.6) is 0 Å². The summed E-state index contributed by atoms with van der Waals surface area (Å²) in [5, 5.41) is 5.57. The molecule has 1 fully saturated rings. The van der Waals surface area contributed by atoms with Gasteiger partial charge in [-0.05, 0) is 23.8 Å². The normalized spacial score (nSPS) is 25.2. The van der Waals surface area contributed by atoms with E-state index in [0.29, 0.717) is 17.4 Å². The van der Waals surface area contributed by atoms with Gasteiger partial charge < -0.3 is 5.32 Å². The van der Waals surface area contributed by atoms with E-state index in [1.54, 1.807) is 11.3 Å². The van der Waals surface area contributed by atoms with Gasteiger partial charge in [0, 0.05) is 17.0 Å². The standard InChI is InChI=1S/C12H19NO2S2/c1-9(2)12(11-4-3-6-16-11)13-10-5-7-17(14,15)8-10/h3-4,6,9-10,12-13H,5,7-8H2,1-2H3. The number of hydrogen-bond donors (Lipinski definition) is 1. The molecule has 0 aliphatic carbocycles. The van der Waals surface area contributed by atoms with Gasteiger partial charge >= 0.3 is 0 Å². The van der Waals surface area contributed by atoms with E-state index < -0.39 is 9.84 Å². The molecule has 1 aliphatic heterocycles. The van der Waals surface area contributed by atoms with E-state index in [1.807, 2.05) is 6.07 Å². The van der Waals surface area contributed by atoms with E-state index in [-0.39, 0.29) is 12.1 Å². The Bertz CT molecular complexity index is 451. The van der Waals surface area contributed by atoms with Gasteiger partial charge in [-0.3, -0.25) is 0 Å². The molecule has 0 radical (unpaired) electrons. The average molecular weight is 273 g/mol. The van der Waals surface area contributed by atoms with Crippen LogP contribution in [-0.2, 0) is 9.84 Å². The molecule has 1 aromatic rings. The number of sulfone groups is 1. The molecule has 0 spiro atoms. The molecule has 0 saturated carbocycles. The smallest absolute Gasteiger partial charge is 0.151 e.